The molecule has 1 aliphatic carbocycles. The Morgan fingerprint density at radius 3 is 2.60 bits per heavy atom. The maximum Gasteiger partial charge on any atom is 0.0932 e. The number of hydrogen-bond acceptors (Lipinski definition) is 3. The Kier molecular flexibility index (Phi) is 6.22. The van der Waals surface area contributed by atoms with Crippen LogP contribution in [0.5, 0.6) is 0 Å². The Balaban J connectivity index is 2.04. The smallest absolute Gasteiger partial charge is 0.0932 e. The largest absolute Gasteiger partial charge is 0.382 e. The maximum atomic E-state index is 5.80. The summed E-state index contributed by atoms with van der Waals surface area (Å²) in [5.41, 5.74) is 0. The number of ether oxygens (including phenoxy) is 2. The lowest BCUT2D eigenvalue weighted by Crippen LogP contribution is -2.36. The fraction of sp³-hybridized carbons (Fsp3) is 1.00. The van der Waals surface area contributed by atoms with Crippen LogP contribution in [0.3, 0.4) is 0 Å². The minimum atomic E-state index is 0.205. The molecule has 1 unspecified atom stereocenters. The highest BCUT2D eigenvalue weighted by atomic mass is 16.5. The highest BCUT2D eigenvalue weighted by molar-refractivity contribution is 4.73. The van der Waals surface area contributed by atoms with Crippen LogP contribution in [0.1, 0.15) is 33.1 Å². The average Bonchev–Trinajstić information content (AvgIpc) is 2.98. The molecular formula is C12H25NO2. The lowest BCUT2D eigenvalue weighted by molar-refractivity contribution is -0.00404. The van der Waals surface area contributed by atoms with Crippen molar-refractivity contribution in [3.8, 4) is 0 Å². The lowest BCUT2D eigenvalue weighted by atomic mass is 10.3. The van der Waals surface area contributed by atoms with Gasteiger partial charge < -0.3 is 14.8 Å². The summed E-state index contributed by atoms with van der Waals surface area (Å²) in [4.78, 5) is 0. The first-order chi connectivity index (χ1) is 7.22. The summed E-state index contributed by atoms with van der Waals surface area (Å²) < 4.78 is 10.9. The third kappa shape index (κ3) is 6.88. The molecule has 0 aliphatic heterocycles. The summed E-state index contributed by atoms with van der Waals surface area (Å²) in [5.74, 6) is 0.950. The Hall–Kier alpha value is -0.120. The Labute approximate surface area is 93.5 Å². The van der Waals surface area contributed by atoms with Gasteiger partial charge in [0.1, 0.15) is 0 Å². The van der Waals surface area contributed by atoms with Crippen molar-refractivity contribution in [2.24, 2.45) is 5.92 Å². The van der Waals surface area contributed by atoms with E-state index in [1.54, 1.807) is 7.11 Å². The fourth-order valence-electron chi connectivity index (χ4n) is 1.53. The molecule has 1 fully saturated rings. The van der Waals surface area contributed by atoms with Crippen LogP contribution in [0.15, 0.2) is 0 Å². The molecule has 90 valence electrons. The van der Waals surface area contributed by atoms with Crippen LogP contribution >= 0.6 is 0 Å². The van der Waals surface area contributed by atoms with E-state index >= 15 is 0 Å². The van der Waals surface area contributed by atoms with Crippen LogP contribution in [0, 0.1) is 5.92 Å². The third-order valence-electron chi connectivity index (χ3n) is 2.68. The highest BCUT2D eigenvalue weighted by Crippen LogP contribution is 2.32. The van der Waals surface area contributed by atoms with E-state index in [4.69, 9.17) is 9.47 Å². The van der Waals surface area contributed by atoms with E-state index in [-0.39, 0.29) is 6.10 Å². The van der Waals surface area contributed by atoms with Crippen molar-refractivity contribution in [1.29, 1.82) is 0 Å². The minimum absolute atomic E-state index is 0.205. The van der Waals surface area contributed by atoms with Gasteiger partial charge in [-0.05, 0) is 12.3 Å². The predicted octanol–water partition coefficient (Wildman–Crippen LogP) is 1.82. The Morgan fingerprint density at radius 2 is 2.07 bits per heavy atom. The molecule has 1 rings (SSSR count). The predicted molar refractivity (Wildman–Crippen MR) is 62.1 cm³/mol. The summed E-state index contributed by atoms with van der Waals surface area (Å²) >= 11 is 0. The summed E-state index contributed by atoms with van der Waals surface area (Å²) in [5, 5.41) is 3.38. The van der Waals surface area contributed by atoms with E-state index in [1.807, 2.05) is 0 Å². The van der Waals surface area contributed by atoms with Crippen LogP contribution < -0.4 is 5.32 Å². The normalized spacial score (nSPS) is 18.4. The first-order valence-corrected chi connectivity index (χ1v) is 6.06. The van der Waals surface area contributed by atoms with Gasteiger partial charge in [-0.1, -0.05) is 26.7 Å². The Morgan fingerprint density at radius 1 is 1.33 bits per heavy atom. The first-order valence-electron chi connectivity index (χ1n) is 6.06. The van der Waals surface area contributed by atoms with Crippen molar-refractivity contribution in [1.82, 2.24) is 5.32 Å². The molecule has 1 aliphatic rings. The minimum Gasteiger partial charge on any atom is -0.382 e. The molecule has 0 radical (unpaired) electrons. The molecule has 1 atom stereocenters. The molecule has 0 aromatic rings. The van der Waals surface area contributed by atoms with Gasteiger partial charge in [0, 0.05) is 26.3 Å². The van der Waals surface area contributed by atoms with Gasteiger partial charge in [0.2, 0.25) is 0 Å². The van der Waals surface area contributed by atoms with Crippen molar-refractivity contribution >= 4 is 0 Å². The summed E-state index contributed by atoms with van der Waals surface area (Å²) in [6.45, 7) is 6.75. The van der Waals surface area contributed by atoms with Gasteiger partial charge >= 0.3 is 0 Å². The SMILES string of the molecule is COCC(CNC(C)C)OCCC1CC1. The van der Waals surface area contributed by atoms with E-state index in [0.29, 0.717) is 12.6 Å². The van der Waals surface area contributed by atoms with Crippen LogP contribution in [0.2, 0.25) is 0 Å². The average molecular weight is 215 g/mol. The van der Waals surface area contributed by atoms with Crippen molar-refractivity contribution in [2.45, 2.75) is 45.3 Å². The summed E-state index contributed by atoms with van der Waals surface area (Å²) in [6, 6.07) is 0.511. The number of methoxy groups -OCH3 is 1. The zero-order valence-corrected chi connectivity index (χ0v) is 10.3. The molecule has 1 saturated carbocycles. The van der Waals surface area contributed by atoms with Gasteiger partial charge in [-0.2, -0.15) is 0 Å². The van der Waals surface area contributed by atoms with Gasteiger partial charge in [0.05, 0.1) is 12.7 Å². The zero-order chi connectivity index (χ0) is 11.1. The molecule has 0 saturated heterocycles. The lowest BCUT2D eigenvalue weighted by Gasteiger charge is -2.19. The van der Waals surface area contributed by atoms with Crippen molar-refractivity contribution < 1.29 is 9.47 Å². The highest BCUT2D eigenvalue weighted by Gasteiger charge is 2.21. The second-order valence-electron chi connectivity index (χ2n) is 4.74. The molecule has 0 bridgehead atoms. The van der Waals surface area contributed by atoms with E-state index in [1.165, 1.54) is 19.3 Å². The van der Waals surface area contributed by atoms with E-state index < -0.39 is 0 Å². The van der Waals surface area contributed by atoms with Crippen molar-refractivity contribution in [3.05, 3.63) is 0 Å². The maximum absolute atomic E-state index is 5.80. The van der Waals surface area contributed by atoms with Crippen LogP contribution in [-0.2, 0) is 9.47 Å². The van der Waals surface area contributed by atoms with Gasteiger partial charge in [0.15, 0.2) is 0 Å². The van der Waals surface area contributed by atoms with Crippen LogP contribution in [0.25, 0.3) is 0 Å². The van der Waals surface area contributed by atoms with E-state index in [9.17, 15) is 0 Å². The molecule has 3 heteroatoms. The first kappa shape index (κ1) is 12.9. The zero-order valence-electron chi connectivity index (χ0n) is 10.3. The second kappa shape index (κ2) is 7.20. The van der Waals surface area contributed by atoms with Gasteiger partial charge in [-0.3, -0.25) is 0 Å². The Bertz CT molecular complexity index is 158. The van der Waals surface area contributed by atoms with Crippen molar-refractivity contribution in [2.75, 3.05) is 26.9 Å². The molecule has 0 aromatic heterocycles. The standard InChI is InChI=1S/C12H25NO2/c1-10(2)13-8-12(9-14-3)15-7-6-11-4-5-11/h10-13H,4-9H2,1-3H3. The van der Waals surface area contributed by atoms with Crippen LogP contribution in [0.4, 0.5) is 0 Å². The van der Waals surface area contributed by atoms with Gasteiger partial charge in [-0.25, -0.2) is 0 Å². The third-order valence-corrected chi connectivity index (χ3v) is 2.68. The monoisotopic (exact) mass is 215 g/mol. The number of hydrogen-bond donors (Lipinski definition) is 1. The van der Waals surface area contributed by atoms with E-state index in [0.717, 1.165) is 19.1 Å². The fourth-order valence-corrected chi connectivity index (χ4v) is 1.53. The number of rotatable bonds is 9. The quantitative estimate of drug-likeness (QED) is 0.636. The molecule has 1 N–H and O–H groups in total. The topological polar surface area (TPSA) is 30.5 Å². The summed E-state index contributed by atoms with van der Waals surface area (Å²) in [7, 11) is 1.73. The summed E-state index contributed by atoms with van der Waals surface area (Å²) in [6.07, 6.45) is 4.24. The van der Waals surface area contributed by atoms with E-state index in [2.05, 4.69) is 19.2 Å². The number of nitrogens with one attached hydrogen (secondary N) is 1. The second-order valence-corrected chi connectivity index (χ2v) is 4.74. The molecule has 0 aromatic carbocycles. The molecule has 0 amide bonds. The molecular weight excluding hydrogens is 190 g/mol. The van der Waals surface area contributed by atoms with Gasteiger partial charge in [-0.15, -0.1) is 0 Å². The van der Waals surface area contributed by atoms with Crippen LogP contribution in [-0.4, -0.2) is 39.0 Å². The molecule has 15 heavy (non-hydrogen) atoms. The van der Waals surface area contributed by atoms with Gasteiger partial charge in [0.25, 0.3) is 0 Å². The molecule has 0 heterocycles. The molecule has 0 spiro atoms. The van der Waals surface area contributed by atoms with Crippen molar-refractivity contribution in [3.63, 3.8) is 0 Å². The molecule has 3 nitrogen and oxygen atoms in total.